The lowest BCUT2D eigenvalue weighted by Gasteiger charge is -2.10. The second-order valence-electron chi connectivity index (χ2n) is 5.99. The first-order chi connectivity index (χ1) is 12.5. The van der Waals surface area contributed by atoms with Crippen molar-refractivity contribution >= 4 is 29.0 Å². The summed E-state index contributed by atoms with van der Waals surface area (Å²) in [4.78, 5) is 12.1. The molecule has 0 aromatic heterocycles. The second-order valence-corrected chi connectivity index (χ2v) is 6.39. The van der Waals surface area contributed by atoms with Crippen LogP contribution in [0.2, 0.25) is 5.02 Å². The first kappa shape index (κ1) is 17.8. The molecule has 4 nitrogen and oxygen atoms in total. The van der Waals surface area contributed by atoms with Crippen LogP contribution in [0.4, 0.5) is 16.2 Å². The minimum atomic E-state index is -0.320. The van der Waals surface area contributed by atoms with E-state index in [1.165, 1.54) is 0 Å². The number of hydrogen-bond acceptors (Lipinski definition) is 2. The molecule has 0 saturated carbocycles. The summed E-state index contributed by atoms with van der Waals surface area (Å²) in [6.45, 7) is 3.90. The van der Waals surface area contributed by atoms with Crippen molar-refractivity contribution in [2.75, 3.05) is 10.6 Å². The molecule has 132 valence electrons. The van der Waals surface area contributed by atoms with Gasteiger partial charge in [-0.15, -0.1) is 0 Å². The SMILES string of the molecule is Cc1cccc(Oc2ccc(NC(=O)Nc3ccc(Cl)c(C)c3)cc2)c1. The predicted octanol–water partition coefficient (Wildman–Crippen LogP) is 6.39. The highest BCUT2D eigenvalue weighted by atomic mass is 35.5. The highest BCUT2D eigenvalue weighted by Crippen LogP contribution is 2.24. The normalized spacial score (nSPS) is 10.3. The molecule has 0 saturated heterocycles. The van der Waals surface area contributed by atoms with E-state index in [9.17, 15) is 4.79 Å². The standard InChI is InChI=1S/C21H19ClN2O2/c1-14-4-3-5-19(12-14)26-18-9-6-16(7-10-18)23-21(25)24-17-8-11-20(22)15(2)13-17/h3-13H,1-2H3,(H2,23,24,25). The zero-order chi connectivity index (χ0) is 18.5. The van der Waals surface area contributed by atoms with Crippen LogP contribution in [-0.4, -0.2) is 6.03 Å². The molecule has 0 fully saturated rings. The maximum atomic E-state index is 12.1. The van der Waals surface area contributed by atoms with Gasteiger partial charge in [0.15, 0.2) is 0 Å². The third-order valence-corrected chi connectivity index (χ3v) is 4.18. The number of amides is 2. The molecular weight excluding hydrogens is 348 g/mol. The number of hydrogen-bond donors (Lipinski definition) is 2. The molecule has 3 aromatic carbocycles. The van der Waals surface area contributed by atoms with E-state index in [1.54, 1.807) is 24.3 Å². The predicted molar refractivity (Wildman–Crippen MR) is 107 cm³/mol. The molecule has 3 rings (SSSR count). The van der Waals surface area contributed by atoms with Crippen LogP contribution in [0.15, 0.2) is 66.7 Å². The third kappa shape index (κ3) is 4.77. The molecule has 0 aliphatic heterocycles. The zero-order valence-corrected chi connectivity index (χ0v) is 15.3. The van der Waals surface area contributed by atoms with E-state index >= 15 is 0 Å². The third-order valence-electron chi connectivity index (χ3n) is 3.75. The van der Waals surface area contributed by atoms with Gasteiger partial charge in [-0.3, -0.25) is 0 Å². The van der Waals surface area contributed by atoms with Gasteiger partial charge >= 0.3 is 6.03 Å². The topological polar surface area (TPSA) is 50.4 Å². The molecule has 2 amide bonds. The Morgan fingerprint density at radius 3 is 2.23 bits per heavy atom. The highest BCUT2D eigenvalue weighted by Gasteiger charge is 2.05. The summed E-state index contributed by atoms with van der Waals surface area (Å²) < 4.78 is 5.80. The maximum absolute atomic E-state index is 12.1. The molecule has 0 bridgehead atoms. The maximum Gasteiger partial charge on any atom is 0.323 e. The van der Waals surface area contributed by atoms with Gasteiger partial charge in [-0.05, 0) is 79.6 Å². The van der Waals surface area contributed by atoms with E-state index in [-0.39, 0.29) is 6.03 Å². The van der Waals surface area contributed by atoms with Crippen LogP contribution in [0.5, 0.6) is 11.5 Å². The van der Waals surface area contributed by atoms with Crippen molar-refractivity contribution in [2.45, 2.75) is 13.8 Å². The summed E-state index contributed by atoms with van der Waals surface area (Å²) in [6, 6.07) is 20.0. The Morgan fingerprint density at radius 1 is 0.846 bits per heavy atom. The van der Waals surface area contributed by atoms with Crippen LogP contribution in [-0.2, 0) is 0 Å². The van der Waals surface area contributed by atoms with E-state index in [1.807, 2.05) is 56.3 Å². The summed E-state index contributed by atoms with van der Waals surface area (Å²) in [5, 5.41) is 6.23. The molecule has 26 heavy (non-hydrogen) atoms. The minimum Gasteiger partial charge on any atom is -0.457 e. The van der Waals surface area contributed by atoms with Gasteiger partial charge in [0.25, 0.3) is 0 Å². The van der Waals surface area contributed by atoms with Gasteiger partial charge < -0.3 is 15.4 Å². The monoisotopic (exact) mass is 366 g/mol. The Bertz CT molecular complexity index is 924. The number of carbonyl (C=O) groups is 1. The summed E-state index contributed by atoms with van der Waals surface area (Å²) in [5.41, 5.74) is 3.39. The number of carbonyl (C=O) groups excluding carboxylic acids is 1. The van der Waals surface area contributed by atoms with Gasteiger partial charge in [0.1, 0.15) is 11.5 Å². The molecular formula is C21H19ClN2O2. The molecule has 0 radical (unpaired) electrons. The van der Waals surface area contributed by atoms with E-state index in [4.69, 9.17) is 16.3 Å². The van der Waals surface area contributed by atoms with Gasteiger partial charge in [0.2, 0.25) is 0 Å². The van der Waals surface area contributed by atoms with E-state index < -0.39 is 0 Å². The number of ether oxygens (including phenoxy) is 1. The van der Waals surface area contributed by atoms with Gasteiger partial charge in [-0.2, -0.15) is 0 Å². The summed E-state index contributed by atoms with van der Waals surface area (Å²) >= 11 is 5.99. The average molecular weight is 367 g/mol. The smallest absolute Gasteiger partial charge is 0.323 e. The fourth-order valence-corrected chi connectivity index (χ4v) is 2.55. The molecule has 0 unspecified atom stereocenters. The van der Waals surface area contributed by atoms with E-state index in [2.05, 4.69) is 10.6 Å². The summed E-state index contributed by atoms with van der Waals surface area (Å²) in [6.07, 6.45) is 0. The quantitative estimate of drug-likeness (QED) is 0.561. The van der Waals surface area contributed by atoms with Crippen molar-refractivity contribution in [1.82, 2.24) is 0 Å². The molecule has 5 heteroatoms. The molecule has 0 heterocycles. The molecule has 3 aromatic rings. The largest absolute Gasteiger partial charge is 0.457 e. The van der Waals surface area contributed by atoms with Crippen molar-refractivity contribution in [3.63, 3.8) is 0 Å². The van der Waals surface area contributed by atoms with Crippen LogP contribution in [0.3, 0.4) is 0 Å². The molecule has 2 N–H and O–H groups in total. The first-order valence-electron chi connectivity index (χ1n) is 8.18. The van der Waals surface area contributed by atoms with Crippen molar-refractivity contribution < 1.29 is 9.53 Å². The lowest BCUT2D eigenvalue weighted by molar-refractivity contribution is 0.262. The number of nitrogens with one attached hydrogen (secondary N) is 2. The van der Waals surface area contributed by atoms with Crippen LogP contribution >= 0.6 is 11.6 Å². The van der Waals surface area contributed by atoms with Crippen LogP contribution in [0.25, 0.3) is 0 Å². The van der Waals surface area contributed by atoms with Gasteiger partial charge in [-0.25, -0.2) is 4.79 Å². The highest BCUT2D eigenvalue weighted by molar-refractivity contribution is 6.31. The number of aryl methyl sites for hydroxylation is 2. The number of rotatable bonds is 4. The number of halogens is 1. The fraction of sp³-hybridized carbons (Fsp3) is 0.0952. The van der Waals surface area contributed by atoms with Crippen molar-refractivity contribution in [3.05, 3.63) is 82.9 Å². The Hall–Kier alpha value is -2.98. The minimum absolute atomic E-state index is 0.320. The van der Waals surface area contributed by atoms with Gasteiger partial charge in [0, 0.05) is 16.4 Å². The Morgan fingerprint density at radius 2 is 1.54 bits per heavy atom. The summed E-state index contributed by atoms with van der Waals surface area (Å²) in [5.74, 6) is 1.48. The van der Waals surface area contributed by atoms with Crippen molar-refractivity contribution in [3.8, 4) is 11.5 Å². The lowest BCUT2D eigenvalue weighted by atomic mass is 10.2. The second kappa shape index (κ2) is 7.93. The summed E-state index contributed by atoms with van der Waals surface area (Å²) in [7, 11) is 0. The van der Waals surface area contributed by atoms with Gasteiger partial charge in [-0.1, -0.05) is 23.7 Å². The fourth-order valence-electron chi connectivity index (χ4n) is 2.44. The Labute approximate surface area is 157 Å². The number of anilines is 2. The average Bonchev–Trinajstić information content (AvgIpc) is 2.60. The van der Waals surface area contributed by atoms with Crippen LogP contribution in [0, 0.1) is 13.8 Å². The molecule has 0 aliphatic rings. The molecule has 0 aliphatic carbocycles. The van der Waals surface area contributed by atoms with E-state index in [0.717, 1.165) is 16.9 Å². The van der Waals surface area contributed by atoms with Gasteiger partial charge in [0.05, 0.1) is 0 Å². The van der Waals surface area contributed by atoms with E-state index in [0.29, 0.717) is 22.1 Å². The van der Waals surface area contributed by atoms with Crippen molar-refractivity contribution in [2.24, 2.45) is 0 Å². The number of benzene rings is 3. The van der Waals surface area contributed by atoms with Crippen molar-refractivity contribution in [1.29, 1.82) is 0 Å². The molecule has 0 spiro atoms. The van der Waals surface area contributed by atoms with Crippen LogP contribution in [0.1, 0.15) is 11.1 Å². The molecule has 0 atom stereocenters. The first-order valence-corrected chi connectivity index (χ1v) is 8.56. The lowest BCUT2D eigenvalue weighted by Crippen LogP contribution is -2.19. The number of urea groups is 1. The van der Waals surface area contributed by atoms with Crippen LogP contribution < -0.4 is 15.4 Å². The Kier molecular flexibility index (Phi) is 5.44. The zero-order valence-electron chi connectivity index (χ0n) is 14.5. The Balaban J connectivity index is 1.59.